The predicted molar refractivity (Wildman–Crippen MR) is 123 cm³/mol. The van der Waals surface area contributed by atoms with Crippen molar-refractivity contribution in [3.8, 4) is 5.69 Å². The Labute approximate surface area is 186 Å². The van der Waals surface area contributed by atoms with E-state index in [4.69, 9.17) is 11.6 Å². The number of carbonyl (C=O) groups excluding carboxylic acids is 2. The third-order valence-electron chi connectivity index (χ3n) is 4.47. The van der Waals surface area contributed by atoms with Crippen molar-refractivity contribution in [2.75, 3.05) is 18.4 Å². The lowest BCUT2D eigenvalue weighted by molar-refractivity contribution is 0.0949. The molecule has 0 saturated heterocycles. The molecule has 0 aliphatic carbocycles. The van der Waals surface area contributed by atoms with Crippen molar-refractivity contribution in [1.82, 2.24) is 20.4 Å². The fourth-order valence-electron chi connectivity index (χ4n) is 2.87. The van der Waals surface area contributed by atoms with Crippen molar-refractivity contribution < 1.29 is 9.59 Å². The van der Waals surface area contributed by atoms with E-state index in [1.165, 1.54) is 0 Å². The van der Waals surface area contributed by atoms with E-state index < -0.39 is 0 Å². The second-order valence-corrected chi connectivity index (χ2v) is 7.92. The zero-order chi connectivity index (χ0) is 22.2. The number of carbonyl (C=O) groups is 2. The van der Waals surface area contributed by atoms with E-state index in [0.29, 0.717) is 36.7 Å². The molecule has 3 rings (SSSR count). The van der Waals surface area contributed by atoms with E-state index in [9.17, 15) is 9.59 Å². The average molecular weight is 440 g/mol. The molecule has 0 spiro atoms. The molecule has 0 aliphatic heterocycles. The molecule has 3 aromatic rings. The molecule has 31 heavy (non-hydrogen) atoms. The van der Waals surface area contributed by atoms with E-state index >= 15 is 0 Å². The number of rotatable bonds is 8. The summed E-state index contributed by atoms with van der Waals surface area (Å²) in [6.07, 6.45) is 2.49. The standard InChI is InChI=1S/C23H26ClN5O2/c1-16(2)15-26-22(30)20-9-8-18(14-21(20)24)27-23(31)25-12-10-17-11-13-29(28-17)19-6-4-3-5-7-19/h3-9,11,13-14,16H,10,12,15H2,1-2H3,(H,26,30)(H2,25,27,31). The van der Waals surface area contributed by atoms with Crippen LogP contribution < -0.4 is 16.0 Å². The van der Waals surface area contributed by atoms with Crippen LogP contribution in [0, 0.1) is 5.92 Å². The number of urea groups is 1. The van der Waals surface area contributed by atoms with Crippen molar-refractivity contribution in [3.63, 3.8) is 0 Å². The number of benzene rings is 2. The summed E-state index contributed by atoms with van der Waals surface area (Å²) < 4.78 is 1.80. The fraction of sp³-hybridized carbons (Fsp3) is 0.261. The molecule has 7 nitrogen and oxygen atoms in total. The quantitative estimate of drug-likeness (QED) is 0.489. The van der Waals surface area contributed by atoms with Crippen LogP contribution in [0.3, 0.4) is 0 Å². The molecule has 0 fully saturated rings. The Hall–Kier alpha value is -3.32. The van der Waals surface area contributed by atoms with Crippen LogP contribution in [-0.2, 0) is 6.42 Å². The van der Waals surface area contributed by atoms with Gasteiger partial charge in [0.05, 0.1) is 22.0 Å². The number of nitrogens with zero attached hydrogens (tertiary/aromatic N) is 2. The first-order valence-corrected chi connectivity index (χ1v) is 10.5. The van der Waals surface area contributed by atoms with Gasteiger partial charge < -0.3 is 16.0 Å². The average Bonchev–Trinajstić information content (AvgIpc) is 3.21. The zero-order valence-electron chi connectivity index (χ0n) is 17.6. The van der Waals surface area contributed by atoms with Gasteiger partial charge in [-0.1, -0.05) is 43.6 Å². The minimum Gasteiger partial charge on any atom is -0.352 e. The van der Waals surface area contributed by atoms with E-state index in [-0.39, 0.29) is 17.0 Å². The summed E-state index contributed by atoms with van der Waals surface area (Å²) in [7, 11) is 0. The number of hydrogen-bond acceptors (Lipinski definition) is 3. The lowest BCUT2D eigenvalue weighted by Gasteiger charge is -2.11. The van der Waals surface area contributed by atoms with Gasteiger partial charge in [0.25, 0.3) is 5.91 Å². The topological polar surface area (TPSA) is 88.0 Å². The number of hydrogen-bond donors (Lipinski definition) is 3. The van der Waals surface area contributed by atoms with Crippen LogP contribution in [0.5, 0.6) is 0 Å². The highest BCUT2D eigenvalue weighted by Crippen LogP contribution is 2.21. The minimum absolute atomic E-state index is 0.232. The molecule has 8 heteroatoms. The van der Waals surface area contributed by atoms with Gasteiger partial charge in [-0.15, -0.1) is 0 Å². The number of aromatic nitrogens is 2. The van der Waals surface area contributed by atoms with Crippen molar-refractivity contribution >= 4 is 29.2 Å². The first-order chi connectivity index (χ1) is 14.9. The Morgan fingerprint density at radius 1 is 1.06 bits per heavy atom. The Bertz CT molecular complexity index is 1030. The number of halogens is 1. The summed E-state index contributed by atoms with van der Waals surface area (Å²) in [6, 6.07) is 16.2. The number of anilines is 1. The molecule has 0 atom stereocenters. The summed E-state index contributed by atoms with van der Waals surface area (Å²) in [4.78, 5) is 24.3. The van der Waals surface area contributed by atoms with Crippen LogP contribution in [0.15, 0.2) is 60.8 Å². The van der Waals surface area contributed by atoms with Crippen LogP contribution in [0.25, 0.3) is 5.69 Å². The van der Waals surface area contributed by atoms with Gasteiger partial charge in [-0.05, 0) is 42.3 Å². The van der Waals surface area contributed by atoms with E-state index in [1.807, 2.05) is 56.4 Å². The lowest BCUT2D eigenvalue weighted by Crippen LogP contribution is -2.30. The smallest absolute Gasteiger partial charge is 0.319 e. The Balaban J connectivity index is 1.47. The molecular formula is C23H26ClN5O2. The van der Waals surface area contributed by atoms with E-state index in [2.05, 4.69) is 21.0 Å². The Morgan fingerprint density at radius 2 is 1.84 bits per heavy atom. The van der Waals surface area contributed by atoms with Gasteiger partial charge >= 0.3 is 6.03 Å². The molecular weight excluding hydrogens is 414 g/mol. The number of nitrogens with one attached hydrogen (secondary N) is 3. The van der Waals surface area contributed by atoms with Gasteiger partial charge in [0.2, 0.25) is 0 Å². The molecule has 0 aliphatic rings. The van der Waals surface area contributed by atoms with Crippen LogP contribution in [0.4, 0.5) is 10.5 Å². The molecule has 0 bridgehead atoms. The van der Waals surface area contributed by atoms with Crippen molar-refractivity contribution in [3.05, 3.63) is 77.1 Å². The maximum atomic E-state index is 12.2. The molecule has 0 saturated carbocycles. The molecule has 0 unspecified atom stereocenters. The molecule has 3 N–H and O–H groups in total. The van der Waals surface area contributed by atoms with Gasteiger partial charge in [0.1, 0.15) is 0 Å². The summed E-state index contributed by atoms with van der Waals surface area (Å²) in [5.74, 6) is 0.115. The molecule has 1 heterocycles. The number of amides is 3. The summed E-state index contributed by atoms with van der Waals surface area (Å²) in [6.45, 7) is 5.03. The summed E-state index contributed by atoms with van der Waals surface area (Å²) in [5.41, 5.74) is 2.75. The Morgan fingerprint density at radius 3 is 2.55 bits per heavy atom. The second kappa shape index (κ2) is 10.6. The van der Waals surface area contributed by atoms with E-state index in [1.54, 1.807) is 22.9 Å². The molecule has 162 valence electrons. The maximum Gasteiger partial charge on any atom is 0.319 e. The normalized spacial score (nSPS) is 10.7. The largest absolute Gasteiger partial charge is 0.352 e. The lowest BCUT2D eigenvalue weighted by atomic mass is 10.1. The first kappa shape index (κ1) is 22.4. The zero-order valence-corrected chi connectivity index (χ0v) is 18.3. The monoisotopic (exact) mass is 439 g/mol. The van der Waals surface area contributed by atoms with Gasteiger partial charge in [-0.25, -0.2) is 9.48 Å². The SMILES string of the molecule is CC(C)CNC(=O)c1ccc(NC(=O)NCCc2ccn(-c3ccccc3)n2)cc1Cl. The summed E-state index contributed by atoms with van der Waals surface area (Å²) in [5, 5.41) is 13.1. The highest BCUT2D eigenvalue weighted by molar-refractivity contribution is 6.34. The molecule has 0 radical (unpaired) electrons. The van der Waals surface area contributed by atoms with Crippen molar-refractivity contribution in [2.45, 2.75) is 20.3 Å². The third kappa shape index (κ3) is 6.58. The van der Waals surface area contributed by atoms with E-state index in [0.717, 1.165) is 11.4 Å². The van der Waals surface area contributed by atoms with Crippen LogP contribution in [0.1, 0.15) is 29.9 Å². The van der Waals surface area contributed by atoms with Crippen molar-refractivity contribution in [1.29, 1.82) is 0 Å². The maximum absolute atomic E-state index is 12.2. The number of para-hydroxylation sites is 1. The fourth-order valence-corrected chi connectivity index (χ4v) is 3.13. The molecule has 2 aromatic carbocycles. The minimum atomic E-state index is -0.351. The molecule has 1 aromatic heterocycles. The Kier molecular flexibility index (Phi) is 7.67. The summed E-state index contributed by atoms with van der Waals surface area (Å²) >= 11 is 6.22. The first-order valence-electron chi connectivity index (χ1n) is 10.1. The van der Waals surface area contributed by atoms with Crippen LogP contribution in [-0.4, -0.2) is 34.8 Å². The highest BCUT2D eigenvalue weighted by atomic mass is 35.5. The third-order valence-corrected chi connectivity index (χ3v) is 4.79. The highest BCUT2D eigenvalue weighted by Gasteiger charge is 2.12. The second-order valence-electron chi connectivity index (χ2n) is 7.52. The van der Waals surface area contributed by atoms with Crippen molar-refractivity contribution in [2.24, 2.45) is 5.92 Å². The van der Waals surface area contributed by atoms with Crippen LogP contribution in [0.2, 0.25) is 5.02 Å². The molecule has 3 amide bonds. The predicted octanol–water partition coefficient (Wildman–Crippen LogP) is 4.28. The van der Waals surface area contributed by atoms with Crippen LogP contribution >= 0.6 is 11.6 Å². The van der Waals surface area contributed by atoms with Gasteiger partial charge in [0, 0.05) is 31.4 Å². The van der Waals surface area contributed by atoms with Gasteiger partial charge in [0.15, 0.2) is 0 Å². The van der Waals surface area contributed by atoms with Gasteiger partial charge in [-0.3, -0.25) is 4.79 Å². The van der Waals surface area contributed by atoms with Gasteiger partial charge in [-0.2, -0.15) is 5.10 Å².